The van der Waals surface area contributed by atoms with Gasteiger partial charge in [-0.1, -0.05) is 13.8 Å². The van der Waals surface area contributed by atoms with Crippen LogP contribution < -0.4 is 5.32 Å². The maximum Gasteiger partial charge on any atom is 0.208 e. The van der Waals surface area contributed by atoms with Crippen molar-refractivity contribution in [1.29, 1.82) is 0 Å². The summed E-state index contributed by atoms with van der Waals surface area (Å²) in [5.74, 6) is 1.77. The molecule has 0 saturated carbocycles. The molecule has 0 aliphatic carbocycles. The summed E-state index contributed by atoms with van der Waals surface area (Å²) in [6, 6.07) is -0.100. The van der Waals surface area contributed by atoms with Crippen LogP contribution in [0.3, 0.4) is 0 Å². The minimum atomic E-state index is -2.94. The third-order valence-corrected chi connectivity index (χ3v) is 4.38. The lowest BCUT2D eigenvalue weighted by molar-refractivity contribution is 0.427. The van der Waals surface area contributed by atoms with E-state index in [-0.39, 0.29) is 17.5 Å². The summed E-state index contributed by atoms with van der Waals surface area (Å²) in [4.78, 5) is 4.10. The molecule has 1 rings (SSSR count). The Morgan fingerprint density at radius 3 is 2.71 bits per heavy atom. The zero-order valence-electron chi connectivity index (χ0n) is 10.6. The van der Waals surface area contributed by atoms with Gasteiger partial charge in [0.25, 0.3) is 0 Å². The number of hydrogen-bond donors (Lipinski definition) is 1. The van der Waals surface area contributed by atoms with Crippen LogP contribution in [0.4, 0.5) is 0 Å². The Morgan fingerprint density at radius 2 is 2.18 bits per heavy atom. The molecule has 0 bridgehead atoms. The van der Waals surface area contributed by atoms with Crippen molar-refractivity contribution in [2.45, 2.75) is 39.8 Å². The van der Waals surface area contributed by atoms with Crippen molar-refractivity contribution in [3.63, 3.8) is 0 Å². The average Bonchev–Trinajstić information content (AvgIpc) is 2.74. The van der Waals surface area contributed by atoms with Gasteiger partial charge in [-0.05, 0) is 6.92 Å². The smallest absolute Gasteiger partial charge is 0.208 e. The summed E-state index contributed by atoms with van der Waals surface area (Å²) in [6.07, 6.45) is 2.51. The first-order valence-corrected chi connectivity index (χ1v) is 7.66. The fourth-order valence-corrected chi connectivity index (χ4v) is 2.53. The van der Waals surface area contributed by atoms with Gasteiger partial charge in [-0.2, -0.15) is 0 Å². The molecule has 0 spiro atoms. The summed E-state index contributed by atoms with van der Waals surface area (Å²) >= 11 is 0. The van der Waals surface area contributed by atoms with E-state index in [1.807, 2.05) is 13.8 Å². The van der Waals surface area contributed by atoms with E-state index < -0.39 is 9.84 Å². The Labute approximate surface area is 103 Å². The summed E-state index contributed by atoms with van der Waals surface area (Å²) in [6.45, 7) is 5.95. The van der Waals surface area contributed by atoms with Crippen molar-refractivity contribution in [2.75, 3.05) is 11.5 Å². The number of aromatic nitrogens is 1. The van der Waals surface area contributed by atoms with Crippen molar-refractivity contribution < 1.29 is 12.8 Å². The molecule has 1 atom stereocenters. The summed E-state index contributed by atoms with van der Waals surface area (Å²) < 4.78 is 28.2. The number of rotatable bonds is 7. The third kappa shape index (κ3) is 4.87. The van der Waals surface area contributed by atoms with E-state index in [2.05, 4.69) is 10.3 Å². The van der Waals surface area contributed by atoms with Crippen LogP contribution in [-0.2, 0) is 22.8 Å². The molecule has 0 fully saturated rings. The second-order valence-corrected chi connectivity index (χ2v) is 6.45. The van der Waals surface area contributed by atoms with E-state index in [4.69, 9.17) is 4.42 Å². The van der Waals surface area contributed by atoms with Crippen LogP contribution in [0.2, 0.25) is 0 Å². The molecule has 0 aromatic carbocycles. The van der Waals surface area contributed by atoms with E-state index in [0.29, 0.717) is 12.4 Å². The van der Waals surface area contributed by atoms with Gasteiger partial charge in [0.2, 0.25) is 5.89 Å². The van der Waals surface area contributed by atoms with Crippen LogP contribution in [0.1, 0.15) is 32.4 Å². The fourth-order valence-electron chi connectivity index (χ4n) is 1.41. The molecule has 1 aromatic heterocycles. The Bertz CT molecular complexity index is 439. The normalized spacial score (nSPS) is 13.8. The van der Waals surface area contributed by atoms with Crippen molar-refractivity contribution >= 4 is 9.84 Å². The largest absolute Gasteiger partial charge is 0.444 e. The average molecular weight is 260 g/mol. The highest BCUT2D eigenvalue weighted by atomic mass is 32.2. The first-order chi connectivity index (χ1) is 7.96. The number of aryl methyl sites for hydroxylation is 1. The molecular formula is C11H20N2O3S. The van der Waals surface area contributed by atoms with E-state index >= 15 is 0 Å². The number of nitrogens with zero attached hydrogens (tertiary/aromatic N) is 1. The van der Waals surface area contributed by atoms with Gasteiger partial charge in [0.05, 0.1) is 18.5 Å². The standard InChI is InChI=1S/C11H20N2O3S/c1-4-10-6-13-11(16-10)7-12-9(3)8-17(14,15)5-2/h6,9,12H,4-5,7-8H2,1-3H3. The van der Waals surface area contributed by atoms with Gasteiger partial charge in [0.15, 0.2) is 9.84 Å². The summed E-state index contributed by atoms with van der Waals surface area (Å²) in [5.41, 5.74) is 0. The van der Waals surface area contributed by atoms with E-state index in [1.165, 1.54) is 0 Å². The van der Waals surface area contributed by atoms with Gasteiger partial charge in [0, 0.05) is 18.2 Å². The lowest BCUT2D eigenvalue weighted by atomic mass is 10.4. The van der Waals surface area contributed by atoms with E-state index in [1.54, 1.807) is 13.1 Å². The number of oxazole rings is 1. The molecule has 0 aliphatic heterocycles. The molecular weight excluding hydrogens is 240 g/mol. The molecule has 98 valence electrons. The van der Waals surface area contributed by atoms with Crippen molar-refractivity contribution in [1.82, 2.24) is 10.3 Å². The maximum absolute atomic E-state index is 11.4. The maximum atomic E-state index is 11.4. The monoisotopic (exact) mass is 260 g/mol. The van der Waals surface area contributed by atoms with Gasteiger partial charge in [-0.25, -0.2) is 13.4 Å². The van der Waals surface area contributed by atoms with Crippen LogP contribution in [0.5, 0.6) is 0 Å². The lowest BCUT2D eigenvalue weighted by Crippen LogP contribution is -2.33. The SMILES string of the molecule is CCc1cnc(CNC(C)CS(=O)(=O)CC)o1. The topological polar surface area (TPSA) is 72.2 Å². The van der Waals surface area contributed by atoms with Crippen LogP contribution in [-0.4, -0.2) is 30.9 Å². The quantitative estimate of drug-likeness (QED) is 0.796. The zero-order valence-corrected chi connectivity index (χ0v) is 11.4. The predicted octanol–water partition coefficient (Wildman–Crippen LogP) is 1.15. The van der Waals surface area contributed by atoms with E-state index in [0.717, 1.165) is 12.2 Å². The van der Waals surface area contributed by atoms with Crippen LogP contribution >= 0.6 is 0 Å². The molecule has 0 saturated heterocycles. The molecule has 0 aliphatic rings. The molecule has 0 radical (unpaired) electrons. The lowest BCUT2D eigenvalue weighted by Gasteiger charge is -2.11. The number of sulfone groups is 1. The summed E-state index contributed by atoms with van der Waals surface area (Å²) in [5, 5.41) is 3.09. The third-order valence-electron chi connectivity index (χ3n) is 2.50. The number of nitrogens with one attached hydrogen (secondary N) is 1. The van der Waals surface area contributed by atoms with Gasteiger partial charge < -0.3 is 9.73 Å². The zero-order chi connectivity index (χ0) is 12.9. The first-order valence-electron chi connectivity index (χ1n) is 5.84. The fraction of sp³-hybridized carbons (Fsp3) is 0.727. The highest BCUT2D eigenvalue weighted by Gasteiger charge is 2.13. The molecule has 1 aromatic rings. The van der Waals surface area contributed by atoms with Gasteiger partial charge in [0.1, 0.15) is 5.76 Å². The van der Waals surface area contributed by atoms with Gasteiger partial charge in [-0.3, -0.25) is 0 Å². The van der Waals surface area contributed by atoms with Crippen molar-refractivity contribution in [3.8, 4) is 0 Å². The highest BCUT2D eigenvalue weighted by Crippen LogP contribution is 2.04. The van der Waals surface area contributed by atoms with Crippen LogP contribution in [0.25, 0.3) is 0 Å². The molecule has 1 unspecified atom stereocenters. The minimum Gasteiger partial charge on any atom is -0.444 e. The Morgan fingerprint density at radius 1 is 1.47 bits per heavy atom. The molecule has 6 heteroatoms. The Hall–Kier alpha value is -0.880. The molecule has 17 heavy (non-hydrogen) atoms. The minimum absolute atomic E-state index is 0.100. The number of hydrogen-bond acceptors (Lipinski definition) is 5. The second kappa shape index (κ2) is 6.16. The van der Waals surface area contributed by atoms with Gasteiger partial charge in [-0.15, -0.1) is 0 Å². The van der Waals surface area contributed by atoms with Crippen LogP contribution in [0.15, 0.2) is 10.6 Å². The van der Waals surface area contributed by atoms with Gasteiger partial charge >= 0.3 is 0 Å². The molecule has 1 heterocycles. The molecule has 1 N–H and O–H groups in total. The first kappa shape index (κ1) is 14.2. The molecule has 0 amide bonds. The van der Waals surface area contributed by atoms with Crippen LogP contribution in [0, 0.1) is 0 Å². The Balaban J connectivity index is 2.40. The van der Waals surface area contributed by atoms with Crippen molar-refractivity contribution in [2.24, 2.45) is 0 Å². The molecule has 5 nitrogen and oxygen atoms in total. The summed E-state index contributed by atoms with van der Waals surface area (Å²) in [7, 11) is -2.94. The highest BCUT2D eigenvalue weighted by molar-refractivity contribution is 7.91. The van der Waals surface area contributed by atoms with E-state index in [9.17, 15) is 8.42 Å². The second-order valence-electron chi connectivity index (χ2n) is 4.05. The van der Waals surface area contributed by atoms with Crippen molar-refractivity contribution in [3.05, 3.63) is 17.8 Å². The predicted molar refractivity (Wildman–Crippen MR) is 66.5 cm³/mol. The Kier molecular flexibility index (Phi) is 5.14.